The predicted molar refractivity (Wildman–Crippen MR) is 347 cm³/mol. The molecule has 0 heterocycles. The van der Waals surface area contributed by atoms with Gasteiger partial charge in [0.25, 0.3) is 0 Å². The Kier molecular flexibility index (Phi) is 105. The molecule has 13 heteroatoms. The number of hydrogen-bond donors (Lipinski definition) is 0. The van der Waals surface area contributed by atoms with Gasteiger partial charge in [-0.25, -0.2) is 0 Å². The maximum absolute atomic E-state index is 10.1. The van der Waals surface area contributed by atoms with Crippen LogP contribution in [-0.2, 0) is 28.8 Å². The van der Waals surface area contributed by atoms with Crippen molar-refractivity contribution in [2.24, 2.45) is 0 Å². The summed E-state index contributed by atoms with van der Waals surface area (Å²) in [6.45, 7) is 13.3. The van der Waals surface area contributed by atoms with Crippen LogP contribution in [0.2, 0.25) is 0 Å². The van der Waals surface area contributed by atoms with Crippen molar-refractivity contribution in [2.45, 2.75) is 427 Å². The molecule has 0 rings (SSSR count). The average molecular weight is 1320 g/mol. The summed E-state index contributed by atoms with van der Waals surface area (Å²) in [5.74, 6) is -5.46. The smallest absolute Gasteiger partial charge is 0.550 e. The van der Waals surface area contributed by atoms with Crippen molar-refractivity contribution < 1.29 is 59.4 Å². The van der Waals surface area contributed by atoms with E-state index < -0.39 is 35.8 Å². The number of hydrogen-bond acceptors (Lipinski definition) is 12. The second-order valence-corrected chi connectivity index (χ2v) is 23.7. The van der Waals surface area contributed by atoms with Crippen LogP contribution in [0.15, 0.2) is 0 Å². The minimum absolute atomic E-state index is 0. The molecule has 0 spiro atoms. The summed E-state index contributed by atoms with van der Waals surface area (Å²) in [6, 6.07) is 0. The molecule has 504 valence electrons. The Balaban J connectivity index is -0.000000171. The van der Waals surface area contributed by atoms with Gasteiger partial charge in [0, 0.05) is 35.8 Å². The molecule has 0 radical (unpaired) electrons. The van der Waals surface area contributed by atoms with Gasteiger partial charge in [0.2, 0.25) is 0 Å². The van der Waals surface area contributed by atoms with Crippen molar-refractivity contribution in [3.8, 4) is 0 Å². The molecule has 0 saturated heterocycles. The Morgan fingerprint density at radius 1 is 0.153 bits per heavy atom. The molecule has 0 aromatic carbocycles. The third-order valence-corrected chi connectivity index (χ3v) is 14.9. The van der Waals surface area contributed by atoms with Gasteiger partial charge in [-0.3, -0.25) is 0 Å². The summed E-state index contributed by atoms with van der Waals surface area (Å²) in [4.78, 5) is 60.6. The van der Waals surface area contributed by atoms with Gasteiger partial charge >= 0.3 is 24.4 Å². The van der Waals surface area contributed by atoms with Gasteiger partial charge in [0.15, 0.2) is 0 Å². The first-order valence-electron chi connectivity index (χ1n) is 35.8. The topological polar surface area (TPSA) is 241 Å². The van der Waals surface area contributed by atoms with Gasteiger partial charge in [0.1, 0.15) is 0 Å². The van der Waals surface area contributed by atoms with Crippen LogP contribution in [0.4, 0.5) is 0 Å². The quantitative estimate of drug-likeness (QED) is 0.0408. The summed E-state index contributed by atoms with van der Waals surface area (Å²) >= 11 is 0. The Hall–Kier alpha value is -2.36. The van der Waals surface area contributed by atoms with Crippen LogP contribution in [-0.4, -0.2) is 60.2 Å². The molecule has 0 aliphatic rings. The fourth-order valence-corrected chi connectivity index (χ4v) is 9.48. The van der Waals surface area contributed by atoms with Gasteiger partial charge < -0.3 is 59.4 Å². The largest absolute Gasteiger partial charge is 5.00 e. The average Bonchev–Trinajstić information content (AvgIpc) is 3.45. The van der Waals surface area contributed by atoms with Crippen molar-refractivity contribution in [3.63, 3.8) is 0 Å². The maximum Gasteiger partial charge on any atom is 5.00 e. The zero-order chi connectivity index (χ0) is 63.9. The summed E-state index contributed by atoms with van der Waals surface area (Å²) < 4.78 is 0. The fraction of sp³-hybridized carbons (Fsp3) is 0.917. The van der Waals surface area contributed by atoms with Gasteiger partial charge in [0.05, 0.1) is 0 Å². The molecule has 0 bridgehead atoms. The SMILES string of the molecule is CCCCCCCCCCCC(=O)[O-].CCCCCCCCCCCC(=O)[O-].CCCCCCCCCCCC(=O)[O-].CCCCCCCCCCCC(=O)[O-].CCCCCCCCCCCC(=O)[O-].CCCCCCCCCCCC(=O)[O-].[Sb+5]. The Morgan fingerprint density at radius 3 is 0.294 bits per heavy atom. The number of carboxylic acid groups (broad SMARTS) is 6. The van der Waals surface area contributed by atoms with Crippen molar-refractivity contribution in [1.82, 2.24) is 0 Å². The minimum atomic E-state index is -0.909. The van der Waals surface area contributed by atoms with E-state index in [4.69, 9.17) is 0 Å². The molecule has 0 aromatic heterocycles. The normalized spacial score (nSPS) is 10.2. The maximum atomic E-state index is 10.1. The zero-order valence-corrected chi connectivity index (χ0v) is 59.3. The minimum Gasteiger partial charge on any atom is -0.550 e. The third-order valence-electron chi connectivity index (χ3n) is 14.9. The molecule has 0 aromatic rings. The molecule has 12 nitrogen and oxygen atoms in total. The van der Waals surface area contributed by atoms with E-state index in [2.05, 4.69) is 41.5 Å². The van der Waals surface area contributed by atoms with Gasteiger partial charge in [-0.15, -0.1) is 0 Å². The van der Waals surface area contributed by atoms with Gasteiger partial charge in [-0.05, 0) is 77.0 Å². The van der Waals surface area contributed by atoms with E-state index in [1.54, 1.807) is 0 Å². The third kappa shape index (κ3) is 128. The van der Waals surface area contributed by atoms with Crippen LogP contribution in [0.25, 0.3) is 0 Å². The van der Waals surface area contributed by atoms with Crippen molar-refractivity contribution in [1.29, 1.82) is 0 Å². The second kappa shape index (κ2) is 92.8. The summed E-state index contributed by atoms with van der Waals surface area (Å²) in [5, 5.41) is 60.6. The van der Waals surface area contributed by atoms with E-state index in [1.807, 2.05) is 0 Å². The first kappa shape index (κ1) is 96.3. The van der Waals surface area contributed by atoms with E-state index in [9.17, 15) is 59.4 Å². The van der Waals surface area contributed by atoms with Crippen LogP contribution in [0, 0.1) is 0 Å². The standard InChI is InChI=1S/6C12H24O2.Sb/c6*1-2-3-4-5-6-7-8-9-10-11-12(13)14;/h6*2-11H2,1H3,(H,13,14);/q;;;;;;+5/p-6. The summed E-state index contributed by atoms with van der Waals surface area (Å²) in [7, 11) is 0. The van der Waals surface area contributed by atoms with Crippen LogP contribution < -0.4 is 30.6 Å². The van der Waals surface area contributed by atoms with Crippen LogP contribution in [0.1, 0.15) is 427 Å². The van der Waals surface area contributed by atoms with E-state index in [1.165, 1.54) is 270 Å². The molecule has 0 saturated carbocycles. The number of carbonyl (C=O) groups excluding carboxylic acids is 6. The predicted octanol–water partition coefficient (Wildman–Crippen LogP) is 15.6. The molecule has 85 heavy (non-hydrogen) atoms. The molecule has 0 aliphatic heterocycles. The Labute approximate surface area is 543 Å². The molecule has 0 atom stereocenters. The Morgan fingerprint density at radius 2 is 0.224 bits per heavy atom. The first-order chi connectivity index (χ1) is 40.6. The number of aliphatic carboxylic acids is 6. The van der Waals surface area contributed by atoms with Crippen LogP contribution >= 0.6 is 0 Å². The van der Waals surface area contributed by atoms with E-state index >= 15 is 0 Å². The first-order valence-corrected chi connectivity index (χ1v) is 35.8. The van der Waals surface area contributed by atoms with Crippen LogP contribution in [0.5, 0.6) is 0 Å². The molecule has 0 aliphatic carbocycles. The van der Waals surface area contributed by atoms with Crippen molar-refractivity contribution in [3.05, 3.63) is 0 Å². The van der Waals surface area contributed by atoms with E-state index in [0.29, 0.717) is 0 Å². The second-order valence-electron chi connectivity index (χ2n) is 23.7. The molecule has 0 fully saturated rings. The Bertz CT molecular complexity index is 1050. The van der Waals surface area contributed by atoms with Crippen molar-refractivity contribution in [2.75, 3.05) is 0 Å². The molecule has 0 N–H and O–H groups in total. The summed E-state index contributed by atoms with van der Waals surface area (Å²) in [5.41, 5.74) is 0. The van der Waals surface area contributed by atoms with Crippen molar-refractivity contribution >= 4 is 60.2 Å². The number of rotatable bonds is 60. The van der Waals surface area contributed by atoms with E-state index in [-0.39, 0.29) is 63.0 Å². The van der Waals surface area contributed by atoms with Gasteiger partial charge in [-0.1, -0.05) is 350 Å². The zero-order valence-electron chi connectivity index (χ0n) is 56.8. The molecule has 0 amide bonds. The number of unbranched alkanes of at least 4 members (excludes halogenated alkanes) is 48. The monoisotopic (exact) mass is 1320 g/mol. The molecule has 0 unspecified atom stereocenters. The van der Waals surface area contributed by atoms with Gasteiger partial charge in [-0.2, -0.15) is 0 Å². The fourth-order valence-electron chi connectivity index (χ4n) is 9.48. The molecular weight excluding hydrogens is 1180 g/mol. The molecular formula is C72H138O12Sb-. The number of carboxylic acids is 6. The summed E-state index contributed by atoms with van der Waals surface area (Å²) in [6.07, 6.45) is 67.0. The van der Waals surface area contributed by atoms with Crippen LogP contribution in [0.3, 0.4) is 0 Å². The number of carbonyl (C=O) groups is 6. The van der Waals surface area contributed by atoms with E-state index in [0.717, 1.165) is 77.0 Å².